The van der Waals surface area contributed by atoms with Gasteiger partial charge in [-0.15, -0.1) is 0 Å². The van der Waals surface area contributed by atoms with Crippen molar-refractivity contribution in [3.05, 3.63) is 35.4 Å². The molecular weight excluding hydrogens is 246 g/mol. The van der Waals surface area contributed by atoms with Crippen molar-refractivity contribution in [3.63, 3.8) is 0 Å². The molecule has 1 aliphatic rings. The van der Waals surface area contributed by atoms with Gasteiger partial charge >= 0.3 is 0 Å². The normalized spacial score (nSPS) is 18.1. The van der Waals surface area contributed by atoms with Gasteiger partial charge in [0, 0.05) is 20.2 Å². The van der Waals surface area contributed by atoms with Gasteiger partial charge in [-0.3, -0.25) is 0 Å². The number of benzene rings is 1. The fraction of sp³-hybridized carbons (Fsp3) is 0.667. The minimum atomic E-state index is 0.456. The highest BCUT2D eigenvalue weighted by molar-refractivity contribution is 5.27. The van der Waals surface area contributed by atoms with Crippen molar-refractivity contribution in [1.82, 2.24) is 5.32 Å². The number of ether oxygens (including phenoxy) is 1. The van der Waals surface area contributed by atoms with Crippen LogP contribution in [0.25, 0.3) is 0 Å². The van der Waals surface area contributed by atoms with E-state index in [1.807, 2.05) is 0 Å². The van der Waals surface area contributed by atoms with Crippen molar-refractivity contribution in [2.24, 2.45) is 5.41 Å². The second kappa shape index (κ2) is 7.80. The molecule has 1 fully saturated rings. The first kappa shape index (κ1) is 15.5. The Kier molecular flexibility index (Phi) is 6.06. The van der Waals surface area contributed by atoms with E-state index in [-0.39, 0.29) is 0 Å². The minimum absolute atomic E-state index is 0.456. The second-order valence-electron chi connectivity index (χ2n) is 6.33. The van der Waals surface area contributed by atoms with E-state index < -0.39 is 0 Å². The number of nitrogens with one attached hydrogen (secondary N) is 1. The lowest BCUT2D eigenvalue weighted by molar-refractivity contribution is 0.162. The van der Waals surface area contributed by atoms with Crippen LogP contribution >= 0.6 is 0 Å². The first-order valence-electron chi connectivity index (χ1n) is 8.00. The summed E-state index contributed by atoms with van der Waals surface area (Å²) >= 11 is 0. The Balaban J connectivity index is 2.01. The van der Waals surface area contributed by atoms with Crippen molar-refractivity contribution < 1.29 is 4.74 Å². The lowest BCUT2D eigenvalue weighted by atomic mass is 9.70. The maximum atomic E-state index is 5.14. The molecule has 0 aromatic heterocycles. The molecule has 0 heterocycles. The van der Waals surface area contributed by atoms with Gasteiger partial charge in [-0.05, 0) is 42.7 Å². The van der Waals surface area contributed by atoms with Gasteiger partial charge in [0.25, 0.3) is 0 Å². The average molecular weight is 275 g/mol. The largest absolute Gasteiger partial charge is 0.383 e. The van der Waals surface area contributed by atoms with E-state index in [4.69, 9.17) is 4.74 Å². The number of aryl methyl sites for hydroxylation is 1. The molecule has 2 nitrogen and oxygen atoms in total. The fourth-order valence-electron chi connectivity index (χ4n) is 3.46. The summed E-state index contributed by atoms with van der Waals surface area (Å²) in [6, 6.07) is 8.87. The number of methoxy groups -OCH3 is 1. The molecule has 1 aromatic carbocycles. The molecule has 0 saturated heterocycles. The van der Waals surface area contributed by atoms with Crippen molar-refractivity contribution in [2.45, 2.75) is 45.4 Å². The molecule has 1 N–H and O–H groups in total. The Hall–Kier alpha value is -0.860. The monoisotopic (exact) mass is 275 g/mol. The van der Waals surface area contributed by atoms with Gasteiger partial charge < -0.3 is 10.1 Å². The third-order valence-corrected chi connectivity index (χ3v) is 4.72. The molecule has 1 aliphatic carbocycles. The van der Waals surface area contributed by atoms with Gasteiger partial charge in [-0.25, -0.2) is 0 Å². The van der Waals surface area contributed by atoms with Crippen molar-refractivity contribution in [2.75, 3.05) is 26.8 Å². The molecule has 2 heteroatoms. The van der Waals surface area contributed by atoms with Crippen LogP contribution < -0.4 is 5.32 Å². The van der Waals surface area contributed by atoms with Gasteiger partial charge in [0.1, 0.15) is 0 Å². The Bertz CT molecular complexity index is 396. The zero-order chi connectivity index (χ0) is 14.3. The SMILES string of the molecule is COCCNCC1(Cc2ccccc2C)CCCCC1. The zero-order valence-corrected chi connectivity index (χ0v) is 13.1. The molecule has 0 amide bonds. The molecule has 0 bridgehead atoms. The lowest BCUT2D eigenvalue weighted by Crippen LogP contribution is -2.39. The topological polar surface area (TPSA) is 21.3 Å². The van der Waals surface area contributed by atoms with Crippen LogP contribution in [0.2, 0.25) is 0 Å². The van der Waals surface area contributed by atoms with Gasteiger partial charge in [0.05, 0.1) is 6.61 Å². The van der Waals surface area contributed by atoms with Crippen LogP contribution in [0.5, 0.6) is 0 Å². The van der Waals surface area contributed by atoms with E-state index in [1.54, 1.807) is 7.11 Å². The molecule has 20 heavy (non-hydrogen) atoms. The molecule has 0 aliphatic heterocycles. The molecule has 0 radical (unpaired) electrons. The summed E-state index contributed by atoms with van der Waals surface area (Å²) < 4.78 is 5.14. The average Bonchev–Trinajstić information content (AvgIpc) is 2.47. The van der Waals surface area contributed by atoms with Gasteiger partial charge in [-0.1, -0.05) is 43.5 Å². The molecule has 2 rings (SSSR count). The van der Waals surface area contributed by atoms with E-state index >= 15 is 0 Å². The van der Waals surface area contributed by atoms with Crippen molar-refractivity contribution in [1.29, 1.82) is 0 Å². The van der Waals surface area contributed by atoms with E-state index in [0.29, 0.717) is 5.41 Å². The Morgan fingerprint density at radius 3 is 2.60 bits per heavy atom. The summed E-state index contributed by atoms with van der Waals surface area (Å²) in [5.41, 5.74) is 3.43. The van der Waals surface area contributed by atoms with Crippen LogP contribution in [0.3, 0.4) is 0 Å². The number of hydrogen-bond acceptors (Lipinski definition) is 2. The van der Waals surface area contributed by atoms with E-state index in [1.165, 1.54) is 49.7 Å². The van der Waals surface area contributed by atoms with Gasteiger partial charge in [0.2, 0.25) is 0 Å². The standard InChI is InChI=1S/C18H29NO/c1-16-8-4-5-9-17(16)14-18(10-6-3-7-11-18)15-19-12-13-20-2/h4-5,8-9,19H,3,6-7,10-15H2,1-2H3. The molecule has 0 unspecified atom stereocenters. The van der Waals surface area contributed by atoms with Gasteiger partial charge in [0.15, 0.2) is 0 Å². The fourth-order valence-corrected chi connectivity index (χ4v) is 3.46. The van der Waals surface area contributed by atoms with Crippen LogP contribution in [0.15, 0.2) is 24.3 Å². The predicted molar refractivity (Wildman–Crippen MR) is 85.1 cm³/mol. The summed E-state index contributed by atoms with van der Waals surface area (Å²) in [5.74, 6) is 0. The molecule has 112 valence electrons. The summed E-state index contributed by atoms with van der Waals surface area (Å²) in [4.78, 5) is 0. The number of hydrogen-bond donors (Lipinski definition) is 1. The number of rotatable bonds is 7. The highest BCUT2D eigenvalue weighted by Crippen LogP contribution is 2.39. The van der Waals surface area contributed by atoms with Crippen molar-refractivity contribution in [3.8, 4) is 0 Å². The molecule has 0 spiro atoms. The minimum Gasteiger partial charge on any atom is -0.383 e. The van der Waals surface area contributed by atoms with Crippen molar-refractivity contribution >= 4 is 0 Å². The maximum Gasteiger partial charge on any atom is 0.0587 e. The van der Waals surface area contributed by atoms with Crippen LogP contribution in [0.1, 0.15) is 43.2 Å². The predicted octanol–water partition coefficient (Wildman–Crippen LogP) is 3.72. The quantitative estimate of drug-likeness (QED) is 0.766. The third-order valence-electron chi connectivity index (χ3n) is 4.72. The van der Waals surface area contributed by atoms with Crippen LogP contribution in [0, 0.1) is 12.3 Å². The lowest BCUT2D eigenvalue weighted by Gasteiger charge is -2.38. The Morgan fingerprint density at radius 2 is 1.90 bits per heavy atom. The van der Waals surface area contributed by atoms with E-state index in [0.717, 1.165) is 19.7 Å². The maximum absolute atomic E-state index is 5.14. The summed E-state index contributed by atoms with van der Waals surface area (Å²) in [6.07, 6.45) is 8.13. The highest BCUT2D eigenvalue weighted by Gasteiger charge is 2.32. The van der Waals surface area contributed by atoms with E-state index in [9.17, 15) is 0 Å². The Morgan fingerprint density at radius 1 is 1.15 bits per heavy atom. The summed E-state index contributed by atoms with van der Waals surface area (Å²) in [5, 5.41) is 3.61. The molecule has 1 aromatic rings. The molecule has 1 saturated carbocycles. The van der Waals surface area contributed by atoms with Crippen LogP contribution in [-0.4, -0.2) is 26.8 Å². The Labute approximate surface area is 123 Å². The smallest absolute Gasteiger partial charge is 0.0587 e. The molecular formula is C18H29NO. The second-order valence-corrected chi connectivity index (χ2v) is 6.33. The highest BCUT2D eigenvalue weighted by atomic mass is 16.5. The third kappa shape index (κ3) is 4.32. The summed E-state index contributed by atoms with van der Waals surface area (Å²) in [7, 11) is 1.77. The van der Waals surface area contributed by atoms with Gasteiger partial charge in [-0.2, -0.15) is 0 Å². The summed E-state index contributed by atoms with van der Waals surface area (Å²) in [6.45, 7) is 5.14. The van der Waals surface area contributed by atoms with Crippen LogP contribution in [-0.2, 0) is 11.2 Å². The van der Waals surface area contributed by atoms with Crippen LogP contribution in [0.4, 0.5) is 0 Å². The first-order chi connectivity index (χ1) is 9.76. The van der Waals surface area contributed by atoms with E-state index in [2.05, 4.69) is 36.5 Å². The zero-order valence-electron chi connectivity index (χ0n) is 13.1. The first-order valence-corrected chi connectivity index (χ1v) is 8.00. The molecule has 0 atom stereocenters.